The summed E-state index contributed by atoms with van der Waals surface area (Å²) in [6, 6.07) is 7.25. The SMILES string of the molecule is CCCCN(CC)C(=O)CCOc1cccc(N)c1. The van der Waals surface area contributed by atoms with Crippen LogP contribution in [0.4, 0.5) is 5.69 Å². The van der Waals surface area contributed by atoms with E-state index >= 15 is 0 Å². The molecule has 4 heteroatoms. The molecule has 0 fully saturated rings. The van der Waals surface area contributed by atoms with Crippen molar-refractivity contribution in [3.63, 3.8) is 0 Å². The molecule has 0 unspecified atom stereocenters. The van der Waals surface area contributed by atoms with Gasteiger partial charge in [0, 0.05) is 24.8 Å². The van der Waals surface area contributed by atoms with E-state index in [0.29, 0.717) is 24.5 Å². The van der Waals surface area contributed by atoms with Gasteiger partial charge in [0.05, 0.1) is 13.0 Å². The molecule has 0 saturated carbocycles. The van der Waals surface area contributed by atoms with E-state index in [0.717, 1.165) is 25.9 Å². The summed E-state index contributed by atoms with van der Waals surface area (Å²) in [6.45, 7) is 6.12. The van der Waals surface area contributed by atoms with Crippen LogP contribution in [0.5, 0.6) is 5.75 Å². The Bertz CT molecular complexity index is 393. The number of rotatable bonds is 8. The van der Waals surface area contributed by atoms with Crippen LogP contribution in [0.15, 0.2) is 24.3 Å². The third kappa shape index (κ3) is 5.64. The number of hydrogen-bond acceptors (Lipinski definition) is 3. The molecule has 0 saturated heterocycles. The van der Waals surface area contributed by atoms with E-state index in [4.69, 9.17) is 10.5 Å². The van der Waals surface area contributed by atoms with Crippen LogP contribution in [-0.2, 0) is 4.79 Å². The van der Waals surface area contributed by atoms with Gasteiger partial charge in [0.15, 0.2) is 0 Å². The molecule has 0 atom stereocenters. The van der Waals surface area contributed by atoms with E-state index in [1.165, 1.54) is 0 Å². The summed E-state index contributed by atoms with van der Waals surface area (Å²) >= 11 is 0. The first-order valence-corrected chi connectivity index (χ1v) is 6.93. The van der Waals surface area contributed by atoms with Gasteiger partial charge < -0.3 is 15.4 Å². The molecular weight excluding hydrogens is 240 g/mol. The lowest BCUT2D eigenvalue weighted by molar-refractivity contribution is -0.131. The van der Waals surface area contributed by atoms with Crippen LogP contribution in [0, 0.1) is 0 Å². The van der Waals surface area contributed by atoms with E-state index in [1.807, 2.05) is 30.0 Å². The second-order valence-electron chi connectivity index (χ2n) is 4.50. The first kappa shape index (κ1) is 15.3. The fourth-order valence-electron chi connectivity index (χ4n) is 1.83. The van der Waals surface area contributed by atoms with Crippen molar-refractivity contribution in [3.8, 4) is 5.75 Å². The van der Waals surface area contributed by atoms with Crippen molar-refractivity contribution in [2.24, 2.45) is 0 Å². The molecule has 2 N–H and O–H groups in total. The number of carbonyl (C=O) groups excluding carboxylic acids is 1. The van der Waals surface area contributed by atoms with E-state index < -0.39 is 0 Å². The van der Waals surface area contributed by atoms with Crippen LogP contribution in [-0.4, -0.2) is 30.5 Å². The first-order chi connectivity index (χ1) is 9.17. The Kier molecular flexibility index (Phi) is 6.79. The minimum Gasteiger partial charge on any atom is -0.493 e. The maximum absolute atomic E-state index is 12.0. The third-order valence-corrected chi connectivity index (χ3v) is 2.96. The molecule has 0 spiro atoms. The van der Waals surface area contributed by atoms with E-state index in [2.05, 4.69) is 6.92 Å². The van der Waals surface area contributed by atoms with Crippen molar-refractivity contribution in [2.75, 3.05) is 25.4 Å². The maximum atomic E-state index is 12.0. The molecule has 1 amide bonds. The van der Waals surface area contributed by atoms with Gasteiger partial charge in [0.2, 0.25) is 5.91 Å². The van der Waals surface area contributed by atoms with E-state index in [1.54, 1.807) is 6.07 Å². The van der Waals surface area contributed by atoms with Gasteiger partial charge in [-0.3, -0.25) is 4.79 Å². The van der Waals surface area contributed by atoms with Crippen LogP contribution in [0.3, 0.4) is 0 Å². The summed E-state index contributed by atoms with van der Waals surface area (Å²) < 4.78 is 5.53. The molecule has 1 aromatic rings. The van der Waals surface area contributed by atoms with Gasteiger partial charge in [-0.2, -0.15) is 0 Å². The number of anilines is 1. The van der Waals surface area contributed by atoms with E-state index in [-0.39, 0.29) is 5.91 Å². The Morgan fingerprint density at radius 2 is 2.16 bits per heavy atom. The average Bonchev–Trinajstić information content (AvgIpc) is 2.39. The third-order valence-electron chi connectivity index (χ3n) is 2.96. The molecule has 0 radical (unpaired) electrons. The topological polar surface area (TPSA) is 55.6 Å². The molecule has 1 aromatic carbocycles. The van der Waals surface area contributed by atoms with Gasteiger partial charge in [-0.05, 0) is 25.5 Å². The number of nitrogens with zero attached hydrogens (tertiary/aromatic N) is 1. The van der Waals surface area contributed by atoms with Gasteiger partial charge in [0.1, 0.15) is 5.75 Å². The predicted molar refractivity (Wildman–Crippen MR) is 78.1 cm³/mol. The number of ether oxygens (including phenoxy) is 1. The molecular formula is C15H24N2O2. The van der Waals surface area contributed by atoms with Crippen molar-refractivity contribution in [1.29, 1.82) is 0 Å². The van der Waals surface area contributed by atoms with Crippen molar-refractivity contribution in [2.45, 2.75) is 33.1 Å². The van der Waals surface area contributed by atoms with Crippen molar-refractivity contribution in [1.82, 2.24) is 4.90 Å². The zero-order valence-electron chi connectivity index (χ0n) is 11.9. The number of carbonyl (C=O) groups is 1. The number of unbranched alkanes of at least 4 members (excludes halogenated alkanes) is 1. The summed E-state index contributed by atoms with van der Waals surface area (Å²) in [5.74, 6) is 0.865. The Hall–Kier alpha value is -1.71. The molecule has 0 heterocycles. The molecule has 0 aliphatic carbocycles. The summed E-state index contributed by atoms with van der Waals surface area (Å²) in [6.07, 6.45) is 2.56. The smallest absolute Gasteiger partial charge is 0.225 e. The minimum absolute atomic E-state index is 0.153. The minimum atomic E-state index is 0.153. The first-order valence-electron chi connectivity index (χ1n) is 6.93. The fourth-order valence-corrected chi connectivity index (χ4v) is 1.83. The van der Waals surface area contributed by atoms with Crippen LogP contribution >= 0.6 is 0 Å². The van der Waals surface area contributed by atoms with Crippen LogP contribution < -0.4 is 10.5 Å². The van der Waals surface area contributed by atoms with Crippen molar-refractivity contribution in [3.05, 3.63) is 24.3 Å². The maximum Gasteiger partial charge on any atom is 0.225 e. The van der Waals surface area contributed by atoms with Gasteiger partial charge in [-0.15, -0.1) is 0 Å². The zero-order chi connectivity index (χ0) is 14.1. The standard InChI is InChI=1S/C15H24N2O2/c1-3-5-10-17(4-2)15(18)9-11-19-14-8-6-7-13(16)12-14/h6-8,12H,3-5,9-11,16H2,1-2H3. The number of nitrogens with two attached hydrogens (primary N) is 1. The lowest BCUT2D eigenvalue weighted by atomic mass is 10.3. The Morgan fingerprint density at radius 3 is 2.79 bits per heavy atom. The largest absolute Gasteiger partial charge is 0.493 e. The Morgan fingerprint density at radius 1 is 1.37 bits per heavy atom. The highest BCUT2D eigenvalue weighted by Gasteiger charge is 2.10. The number of hydrogen-bond donors (Lipinski definition) is 1. The van der Waals surface area contributed by atoms with Gasteiger partial charge >= 0.3 is 0 Å². The van der Waals surface area contributed by atoms with Gasteiger partial charge in [-0.25, -0.2) is 0 Å². The molecule has 106 valence electrons. The Labute approximate surface area is 115 Å². The van der Waals surface area contributed by atoms with Crippen LogP contribution in [0.25, 0.3) is 0 Å². The molecule has 19 heavy (non-hydrogen) atoms. The van der Waals surface area contributed by atoms with Crippen molar-refractivity contribution >= 4 is 11.6 Å². The normalized spacial score (nSPS) is 10.2. The highest BCUT2D eigenvalue weighted by atomic mass is 16.5. The summed E-state index contributed by atoms with van der Waals surface area (Å²) in [5, 5.41) is 0. The highest BCUT2D eigenvalue weighted by molar-refractivity contribution is 5.76. The predicted octanol–water partition coefficient (Wildman–Crippen LogP) is 2.69. The van der Waals surface area contributed by atoms with Crippen LogP contribution in [0.2, 0.25) is 0 Å². The van der Waals surface area contributed by atoms with Crippen molar-refractivity contribution < 1.29 is 9.53 Å². The second-order valence-corrected chi connectivity index (χ2v) is 4.50. The van der Waals surface area contributed by atoms with E-state index in [9.17, 15) is 4.79 Å². The Balaban J connectivity index is 2.33. The zero-order valence-corrected chi connectivity index (χ0v) is 11.9. The summed E-state index contributed by atoms with van der Waals surface area (Å²) in [5.41, 5.74) is 6.33. The lowest BCUT2D eigenvalue weighted by Crippen LogP contribution is -2.32. The number of amides is 1. The number of nitrogen functional groups attached to an aromatic ring is 1. The quantitative estimate of drug-likeness (QED) is 0.734. The molecule has 0 aromatic heterocycles. The monoisotopic (exact) mass is 264 g/mol. The highest BCUT2D eigenvalue weighted by Crippen LogP contribution is 2.14. The fraction of sp³-hybridized carbons (Fsp3) is 0.533. The van der Waals surface area contributed by atoms with Gasteiger partial charge in [-0.1, -0.05) is 19.4 Å². The molecule has 0 bridgehead atoms. The van der Waals surface area contributed by atoms with Crippen LogP contribution in [0.1, 0.15) is 33.1 Å². The van der Waals surface area contributed by atoms with Gasteiger partial charge in [0.25, 0.3) is 0 Å². The lowest BCUT2D eigenvalue weighted by Gasteiger charge is -2.20. The molecule has 4 nitrogen and oxygen atoms in total. The number of benzene rings is 1. The molecule has 0 aliphatic rings. The molecule has 1 rings (SSSR count). The summed E-state index contributed by atoms with van der Waals surface area (Å²) in [4.78, 5) is 13.8. The summed E-state index contributed by atoms with van der Waals surface area (Å²) in [7, 11) is 0. The average molecular weight is 264 g/mol. The second kappa shape index (κ2) is 8.40. The molecule has 0 aliphatic heterocycles.